The van der Waals surface area contributed by atoms with Crippen LogP contribution in [0.2, 0.25) is 0 Å². The van der Waals surface area contributed by atoms with Gasteiger partial charge in [-0.05, 0) is 26.3 Å². The van der Waals surface area contributed by atoms with Crippen molar-refractivity contribution in [3.05, 3.63) is 28.9 Å². The largest absolute Gasteiger partial charge is 0.361 e. The number of hydrogen-bond acceptors (Lipinski definition) is 5. The third kappa shape index (κ3) is 3.64. The number of rotatable bonds is 6. The lowest BCUT2D eigenvalue weighted by Gasteiger charge is -2.04. The average Bonchev–Trinajstić information content (AvgIpc) is 2.91. The van der Waals surface area contributed by atoms with Gasteiger partial charge in [0.25, 0.3) is 0 Å². The Morgan fingerprint density at radius 2 is 2.16 bits per heavy atom. The van der Waals surface area contributed by atoms with Crippen molar-refractivity contribution in [1.82, 2.24) is 25.5 Å². The van der Waals surface area contributed by atoms with Crippen molar-refractivity contribution >= 4 is 0 Å². The summed E-state index contributed by atoms with van der Waals surface area (Å²) in [5.74, 6) is 1.48. The molecule has 0 saturated carbocycles. The van der Waals surface area contributed by atoms with Gasteiger partial charge < -0.3 is 9.84 Å². The van der Waals surface area contributed by atoms with Gasteiger partial charge in [0.2, 0.25) is 0 Å². The second-order valence-corrected chi connectivity index (χ2v) is 5.23. The summed E-state index contributed by atoms with van der Waals surface area (Å²) < 4.78 is 6.96. The zero-order chi connectivity index (χ0) is 13.8. The van der Waals surface area contributed by atoms with E-state index in [4.69, 9.17) is 4.52 Å². The molecule has 1 N–H and O–H groups in total. The van der Waals surface area contributed by atoms with Crippen molar-refractivity contribution < 1.29 is 4.52 Å². The summed E-state index contributed by atoms with van der Waals surface area (Å²) in [4.78, 5) is 0. The van der Waals surface area contributed by atoms with Crippen LogP contribution in [-0.2, 0) is 13.1 Å². The molecule has 2 aromatic rings. The van der Waals surface area contributed by atoms with E-state index in [2.05, 4.69) is 34.6 Å². The van der Waals surface area contributed by atoms with Crippen molar-refractivity contribution in [2.45, 2.75) is 40.8 Å². The minimum Gasteiger partial charge on any atom is -0.361 e. The van der Waals surface area contributed by atoms with E-state index in [9.17, 15) is 0 Å². The van der Waals surface area contributed by atoms with Gasteiger partial charge >= 0.3 is 0 Å². The second-order valence-electron chi connectivity index (χ2n) is 5.23. The van der Waals surface area contributed by atoms with Crippen LogP contribution in [0.5, 0.6) is 0 Å². The zero-order valence-corrected chi connectivity index (χ0v) is 12.0. The number of hydrogen-bond donors (Lipinski definition) is 1. The van der Waals surface area contributed by atoms with Gasteiger partial charge in [0.15, 0.2) is 0 Å². The van der Waals surface area contributed by atoms with E-state index < -0.39 is 0 Å². The lowest BCUT2D eigenvalue weighted by atomic mass is 10.2. The molecule has 0 aromatic carbocycles. The summed E-state index contributed by atoms with van der Waals surface area (Å²) in [6.45, 7) is 10.6. The molecule has 0 saturated heterocycles. The monoisotopic (exact) mass is 263 g/mol. The maximum absolute atomic E-state index is 5.14. The van der Waals surface area contributed by atoms with Crippen molar-refractivity contribution in [2.75, 3.05) is 6.54 Å². The predicted octanol–water partition coefficient (Wildman–Crippen LogP) is 1.68. The van der Waals surface area contributed by atoms with Gasteiger partial charge in [0.1, 0.15) is 5.76 Å². The Kier molecular flexibility index (Phi) is 4.31. The summed E-state index contributed by atoms with van der Waals surface area (Å²) in [5.41, 5.74) is 2.94. The molecule has 2 rings (SSSR count). The van der Waals surface area contributed by atoms with Crippen molar-refractivity contribution in [2.24, 2.45) is 5.92 Å². The quantitative estimate of drug-likeness (QED) is 0.858. The van der Waals surface area contributed by atoms with Crippen LogP contribution in [0, 0.1) is 19.8 Å². The van der Waals surface area contributed by atoms with Crippen LogP contribution in [0.4, 0.5) is 0 Å². The molecule has 0 bridgehead atoms. The average molecular weight is 263 g/mol. The molecule has 6 heteroatoms. The molecule has 0 aliphatic heterocycles. The first-order valence-electron chi connectivity index (χ1n) is 6.57. The summed E-state index contributed by atoms with van der Waals surface area (Å²) in [5, 5.41) is 15.6. The lowest BCUT2D eigenvalue weighted by molar-refractivity contribution is 0.391. The Morgan fingerprint density at radius 1 is 1.37 bits per heavy atom. The van der Waals surface area contributed by atoms with Gasteiger partial charge in [-0.2, -0.15) is 0 Å². The van der Waals surface area contributed by atoms with E-state index in [0.29, 0.717) is 12.5 Å². The summed E-state index contributed by atoms with van der Waals surface area (Å²) >= 11 is 0. The first-order valence-corrected chi connectivity index (χ1v) is 6.57. The molecule has 0 unspecified atom stereocenters. The molecule has 19 heavy (non-hydrogen) atoms. The topological polar surface area (TPSA) is 68.8 Å². The molecule has 0 spiro atoms. The first-order chi connectivity index (χ1) is 9.06. The van der Waals surface area contributed by atoms with Gasteiger partial charge in [0.05, 0.1) is 24.1 Å². The fourth-order valence-electron chi connectivity index (χ4n) is 1.88. The third-order valence-electron chi connectivity index (χ3n) is 2.95. The Balaban J connectivity index is 1.94. The van der Waals surface area contributed by atoms with Crippen LogP contribution in [-0.4, -0.2) is 26.7 Å². The maximum Gasteiger partial charge on any atom is 0.138 e. The van der Waals surface area contributed by atoms with Gasteiger partial charge in [0, 0.05) is 12.1 Å². The molecular weight excluding hydrogens is 242 g/mol. The van der Waals surface area contributed by atoms with Crippen LogP contribution in [0.1, 0.15) is 36.6 Å². The second kappa shape index (κ2) is 5.97. The number of aromatic nitrogens is 4. The van der Waals surface area contributed by atoms with E-state index in [1.165, 1.54) is 0 Å². The zero-order valence-electron chi connectivity index (χ0n) is 12.0. The van der Waals surface area contributed by atoms with Crippen LogP contribution in [0.25, 0.3) is 0 Å². The summed E-state index contributed by atoms with van der Waals surface area (Å²) in [7, 11) is 0. The minimum absolute atomic E-state index is 0.636. The van der Waals surface area contributed by atoms with Gasteiger partial charge in [-0.15, -0.1) is 5.10 Å². The maximum atomic E-state index is 5.14. The van der Waals surface area contributed by atoms with E-state index in [1.807, 2.05) is 24.7 Å². The van der Waals surface area contributed by atoms with Crippen LogP contribution in [0.3, 0.4) is 0 Å². The highest BCUT2D eigenvalue weighted by atomic mass is 16.5. The highest BCUT2D eigenvalue weighted by Crippen LogP contribution is 2.13. The van der Waals surface area contributed by atoms with Gasteiger partial charge in [-0.25, -0.2) is 4.68 Å². The van der Waals surface area contributed by atoms with Crippen molar-refractivity contribution in [1.29, 1.82) is 0 Å². The highest BCUT2D eigenvalue weighted by Gasteiger charge is 2.10. The standard InChI is InChI=1S/C13H21N5O/c1-9(2)5-14-6-12-7-18(17-15-12)8-13-10(3)16-19-11(13)4/h7,9,14H,5-6,8H2,1-4H3. The summed E-state index contributed by atoms with van der Waals surface area (Å²) in [6.07, 6.45) is 1.96. The number of aryl methyl sites for hydroxylation is 2. The molecular formula is C13H21N5O. The summed E-state index contributed by atoms with van der Waals surface area (Å²) in [6, 6.07) is 0. The molecule has 2 heterocycles. The molecule has 0 aliphatic rings. The van der Waals surface area contributed by atoms with E-state index in [-0.39, 0.29) is 0 Å². The Hall–Kier alpha value is -1.69. The van der Waals surface area contributed by atoms with Gasteiger partial charge in [-0.1, -0.05) is 24.2 Å². The molecule has 0 atom stereocenters. The minimum atomic E-state index is 0.636. The fraction of sp³-hybridized carbons (Fsp3) is 0.615. The normalized spacial score (nSPS) is 11.4. The predicted molar refractivity (Wildman–Crippen MR) is 71.6 cm³/mol. The molecule has 0 amide bonds. The first kappa shape index (κ1) is 13.7. The van der Waals surface area contributed by atoms with E-state index >= 15 is 0 Å². The molecule has 6 nitrogen and oxygen atoms in total. The Morgan fingerprint density at radius 3 is 2.79 bits per heavy atom. The van der Waals surface area contributed by atoms with Gasteiger partial charge in [-0.3, -0.25) is 0 Å². The van der Waals surface area contributed by atoms with Crippen molar-refractivity contribution in [3.8, 4) is 0 Å². The number of nitrogens with zero attached hydrogens (tertiary/aromatic N) is 4. The lowest BCUT2D eigenvalue weighted by Crippen LogP contribution is -2.19. The molecule has 104 valence electrons. The van der Waals surface area contributed by atoms with E-state index in [1.54, 1.807) is 0 Å². The highest BCUT2D eigenvalue weighted by molar-refractivity contribution is 5.20. The van der Waals surface area contributed by atoms with Crippen LogP contribution >= 0.6 is 0 Å². The number of nitrogens with one attached hydrogen (secondary N) is 1. The smallest absolute Gasteiger partial charge is 0.138 e. The molecule has 0 aliphatic carbocycles. The molecule has 0 radical (unpaired) electrons. The SMILES string of the molecule is Cc1noc(C)c1Cn1cc(CNCC(C)C)nn1. The van der Waals surface area contributed by atoms with E-state index in [0.717, 1.165) is 35.8 Å². The molecule has 2 aromatic heterocycles. The Bertz CT molecular complexity index is 509. The Labute approximate surface area is 113 Å². The van der Waals surface area contributed by atoms with Crippen molar-refractivity contribution in [3.63, 3.8) is 0 Å². The van der Waals surface area contributed by atoms with Crippen LogP contribution in [0.15, 0.2) is 10.7 Å². The van der Waals surface area contributed by atoms with Crippen LogP contribution < -0.4 is 5.32 Å². The fourth-order valence-corrected chi connectivity index (χ4v) is 1.88. The third-order valence-corrected chi connectivity index (χ3v) is 2.95. The molecule has 0 fully saturated rings.